The standard InChI is InChI=1S/C10H9NOS2/c1-12-11-9(13)6-7-4-2-3-5-8(7)10(11)14/h2-5H,6H2,1H3. The van der Waals surface area contributed by atoms with E-state index in [1.54, 1.807) is 7.11 Å². The SMILES string of the molecule is CON1C(=S)Cc2ccccc2C1=S. The molecular weight excluding hydrogens is 214 g/mol. The van der Waals surface area contributed by atoms with E-state index < -0.39 is 0 Å². The molecule has 1 heterocycles. The molecule has 0 saturated heterocycles. The molecule has 4 heteroatoms. The topological polar surface area (TPSA) is 12.5 Å². The summed E-state index contributed by atoms with van der Waals surface area (Å²) < 4.78 is 0. The van der Waals surface area contributed by atoms with E-state index in [0.717, 1.165) is 17.0 Å². The molecule has 1 aliphatic heterocycles. The summed E-state index contributed by atoms with van der Waals surface area (Å²) in [7, 11) is 1.58. The Hall–Kier alpha value is -0.840. The molecule has 0 radical (unpaired) electrons. The molecule has 0 aliphatic carbocycles. The van der Waals surface area contributed by atoms with Gasteiger partial charge in [0.05, 0.1) is 7.11 Å². The molecule has 14 heavy (non-hydrogen) atoms. The van der Waals surface area contributed by atoms with E-state index in [1.807, 2.05) is 24.3 Å². The molecule has 0 atom stereocenters. The van der Waals surface area contributed by atoms with E-state index in [-0.39, 0.29) is 0 Å². The fourth-order valence-electron chi connectivity index (χ4n) is 1.53. The van der Waals surface area contributed by atoms with Crippen LogP contribution in [-0.2, 0) is 11.3 Å². The molecule has 72 valence electrons. The number of fused-ring (bicyclic) bond motifs is 1. The highest BCUT2D eigenvalue weighted by atomic mass is 32.1. The van der Waals surface area contributed by atoms with E-state index in [4.69, 9.17) is 29.3 Å². The molecule has 0 spiro atoms. The first kappa shape index (κ1) is 9.71. The summed E-state index contributed by atoms with van der Waals surface area (Å²) in [5, 5.41) is 1.53. The molecule has 2 nitrogen and oxygen atoms in total. The van der Waals surface area contributed by atoms with Gasteiger partial charge in [0.2, 0.25) is 0 Å². The van der Waals surface area contributed by atoms with Crippen molar-refractivity contribution in [1.29, 1.82) is 0 Å². The monoisotopic (exact) mass is 223 g/mol. The van der Waals surface area contributed by atoms with Crippen LogP contribution in [0.15, 0.2) is 24.3 Å². The number of rotatable bonds is 1. The Morgan fingerprint density at radius 3 is 2.71 bits per heavy atom. The van der Waals surface area contributed by atoms with Gasteiger partial charge in [0, 0.05) is 12.0 Å². The van der Waals surface area contributed by atoms with E-state index in [1.165, 1.54) is 10.6 Å². The van der Waals surface area contributed by atoms with Gasteiger partial charge in [-0.2, -0.15) is 0 Å². The smallest absolute Gasteiger partial charge is 0.140 e. The van der Waals surface area contributed by atoms with Crippen LogP contribution in [0.5, 0.6) is 0 Å². The summed E-state index contributed by atoms with van der Waals surface area (Å²) >= 11 is 10.5. The molecule has 1 aromatic rings. The Morgan fingerprint density at radius 1 is 1.29 bits per heavy atom. The highest BCUT2D eigenvalue weighted by molar-refractivity contribution is 7.82. The van der Waals surface area contributed by atoms with Gasteiger partial charge in [-0.3, -0.25) is 4.84 Å². The number of nitrogens with zero attached hydrogens (tertiary/aromatic N) is 1. The van der Waals surface area contributed by atoms with Gasteiger partial charge in [-0.25, -0.2) is 5.06 Å². The number of hydroxylamine groups is 2. The van der Waals surface area contributed by atoms with Crippen LogP contribution in [-0.4, -0.2) is 22.2 Å². The zero-order valence-corrected chi connectivity index (χ0v) is 9.32. The van der Waals surface area contributed by atoms with Crippen LogP contribution in [0.1, 0.15) is 11.1 Å². The van der Waals surface area contributed by atoms with Crippen LogP contribution in [0.3, 0.4) is 0 Å². The molecule has 0 fully saturated rings. The Bertz CT molecular complexity index is 403. The number of hydrogen-bond donors (Lipinski definition) is 0. The molecule has 1 aliphatic rings. The van der Waals surface area contributed by atoms with E-state index in [9.17, 15) is 0 Å². The van der Waals surface area contributed by atoms with Crippen molar-refractivity contribution in [3.05, 3.63) is 35.4 Å². The van der Waals surface area contributed by atoms with Gasteiger partial charge >= 0.3 is 0 Å². The van der Waals surface area contributed by atoms with Gasteiger partial charge in [-0.1, -0.05) is 48.7 Å². The van der Waals surface area contributed by atoms with Gasteiger partial charge in [0.25, 0.3) is 0 Å². The van der Waals surface area contributed by atoms with Crippen molar-refractivity contribution >= 4 is 34.4 Å². The predicted octanol–water partition coefficient (Wildman–Crippen LogP) is 2.11. The molecule has 1 aromatic carbocycles. The minimum absolute atomic E-state index is 0.652. The van der Waals surface area contributed by atoms with Crippen LogP contribution in [0.4, 0.5) is 0 Å². The molecule has 0 amide bonds. The zero-order chi connectivity index (χ0) is 10.1. The van der Waals surface area contributed by atoms with Crippen molar-refractivity contribution in [2.45, 2.75) is 6.42 Å². The van der Waals surface area contributed by atoms with Gasteiger partial charge in [0.1, 0.15) is 9.98 Å². The van der Waals surface area contributed by atoms with E-state index in [0.29, 0.717) is 4.99 Å². The maximum absolute atomic E-state index is 5.27. The third-order valence-electron chi connectivity index (χ3n) is 2.18. The summed E-state index contributed by atoms with van der Waals surface area (Å²) in [6.07, 6.45) is 0.722. The third kappa shape index (κ3) is 1.45. The molecule has 0 N–H and O–H groups in total. The Labute approximate surface area is 93.4 Å². The Morgan fingerprint density at radius 2 is 2.00 bits per heavy atom. The zero-order valence-electron chi connectivity index (χ0n) is 7.69. The van der Waals surface area contributed by atoms with E-state index in [2.05, 4.69) is 0 Å². The van der Waals surface area contributed by atoms with Crippen LogP contribution in [0, 0.1) is 0 Å². The highest BCUT2D eigenvalue weighted by Crippen LogP contribution is 2.21. The van der Waals surface area contributed by atoms with Crippen LogP contribution in [0.2, 0.25) is 0 Å². The molecule has 2 rings (SSSR count). The fraction of sp³-hybridized carbons (Fsp3) is 0.200. The first-order valence-electron chi connectivity index (χ1n) is 4.23. The van der Waals surface area contributed by atoms with Gasteiger partial charge in [-0.05, 0) is 5.56 Å². The van der Waals surface area contributed by atoms with Crippen molar-refractivity contribution < 1.29 is 4.84 Å². The fourth-order valence-corrected chi connectivity index (χ4v) is 2.29. The first-order chi connectivity index (χ1) is 6.74. The Kier molecular flexibility index (Phi) is 2.58. The van der Waals surface area contributed by atoms with Crippen molar-refractivity contribution in [1.82, 2.24) is 5.06 Å². The molecule has 0 aromatic heterocycles. The second kappa shape index (κ2) is 3.73. The maximum Gasteiger partial charge on any atom is 0.140 e. The van der Waals surface area contributed by atoms with Crippen molar-refractivity contribution in [3.63, 3.8) is 0 Å². The minimum Gasteiger partial charge on any atom is -0.271 e. The molecule has 0 saturated carbocycles. The van der Waals surface area contributed by atoms with Crippen LogP contribution >= 0.6 is 24.4 Å². The lowest BCUT2D eigenvalue weighted by atomic mass is 10.0. The largest absolute Gasteiger partial charge is 0.271 e. The van der Waals surface area contributed by atoms with Crippen LogP contribution in [0.25, 0.3) is 0 Å². The summed E-state index contributed by atoms with van der Waals surface area (Å²) in [6, 6.07) is 7.99. The molecule has 0 bridgehead atoms. The summed E-state index contributed by atoms with van der Waals surface area (Å²) in [6.45, 7) is 0. The van der Waals surface area contributed by atoms with Crippen LogP contribution < -0.4 is 0 Å². The predicted molar refractivity (Wildman–Crippen MR) is 63.3 cm³/mol. The highest BCUT2D eigenvalue weighted by Gasteiger charge is 2.24. The lowest BCUT2D eigenvalue weighted by molar-refractivity contribution is 0.00358. The van der Waals surface area contributed by atoms with Crippen molar-refractivity contribution in [2.24, 2.45) is 0 Å². The number of hydrogen-bond acceptors (Lipinski definition) is 3. The lowest BCUT2D eigenvalue weighted by Crippen LogP contribution is -2.39. The lowest BCUT2D eigenvalue weighted by Gasteiger charge is -2.28. The second-order valence-electron chi connectivity index (χ2n) is 3.01. The van der Waals surface area contributed by atoms with Gasteiger partial charge in [0.15, 0.2) is 0 Å². The molecule has 0 unspecified atom stereocenters. The van der Waals surface area contributed by atoms with Gasteiger partial charge < -0.3 is 0 Å². The Balaban J connectivity index is 2.49. The van der Waals surface area contributed by atoms with E-state index >= 15 is 0 Å². The van der Waals surface area contributed by atoms with Gasteiger partial charge in [-0.15, -0.1) is 0 Å². The minimum atomic E-state index is 0.652. The van der Waals surface area contributed by atoms with Crippen molar-refractivity contribution in [3.8, 4) is 0 Å². The number of benzene rings is 1. The third-order valence-corrected chi connectivity index (χ3v) is 2.88. The average molecular weight is 223 g/mol. The summed E-state index contributed by atoms with van der Waals surface area (Å²) in [4.78, 5) is 6.49. The summed E-state index contributed by atoms with van der Waals surface area (Å²) in [5.74, 6) is 0. The first-order valence-corrected chi connectivity index (χ1v) is 5.05. The van der Waals surface area contributed by atoms with Crippen molar-refractivity contribution in [2.75, 3.05) is 7.11 Å². The molecular formula is C10H9NOS2. The summed E-state index contributed by atoms with van der Waals surface area (Å²) in [5.41, 5.74) is 2.22. The quantitative estimate of drug-likeness (QED) is 0.676. The normalized spacial score (nSPS) is 15.6. The second-order valence-corrected chi connectivity index (χ2v) is 3.87. The number of thiocarbonyl (C=S) groups is 2. The maximum atomic E-state index is 5.27. The average Bonchev–Trinajstić information content (AvgIpc) is 2.18.